The molecule has 0 saturated carbocycles. The molecule has 2 aliphatic heterocycles. The van der Waals surface area contributed by atoms with Gasteiger partial charge in [0, 0.05) is 42.8 Å². The van der Waals surface area contributed by atoms with Crippen LogP contribution >= 0.6 is 11.3 Å². The zero-order valence-electron chi connectivity index (χ0n) is 14.4. The molecule has 8 heteroatoms. The lowest BCUT2D eigenvalue weighted by atomic mass is 9.72. The Morgan fingerprint density at radius 2 is 2.23 bits per heavy atom. The Morgan fingerprint density at radius 1 is 1.38 bits per heavy atom. The lowest BCUT2D eigenvalue weighted by molar-refractivity contribution is -0.130. The Bertz CT molecular complexity index is 754. The van der Waals surface area contributed by atoms with Crippen LogP contribution in [0.1, 0.15) is 28.2 Å². The molecule has 0 aliphatic carbocycles. The van der Waals surface area contributed by atoms with Crippen LogP contribution in [0.2, 0.25) is 0 Å². The SMILES string of the molecule is O=C(NCc1cccs1)C1CN(C(=O)c2ccn[nH]2)CC12CCOCC2. The lowest BCUT2D eigenvalue weighted by Gasteiger charge is -2.37. The van der Waals surface area contributed by atoms with E-state index in [2.05, 4.69) is 15.5 Å². The first-order valence-corrected chi connectivity index (χ1v) is 9.72. The van der Waals surface area contributed by atoms with Crippen LogP contribution < -0.4 is 5.32 Å². The molecule has 1 spiro atoms. The van der Waals surface area contributed by atoms with Crippen LogP contribution in [0.3, 0.4) is 0 Å². The summed E-state index contributed by atoms with van der Waals surface area (Å²) in [6, 6.07) is 5.66. The summed E-state index contributed by atoms with van der Waals surface area (Å²) in [4.78, 5) is 28.6. The summed E-state index contributed by atoms with van der Waals surface area (Å²) in [6.45, 7) is 2.84. The Balaban J connectivity index is 1.50. The second-order valence-electron chi connectivity index (χ2n) is 6.98. The van der Waals surface area contributed by atoms with Gasteiger partial charge in [-0.05, 0) is 30.4 Å². The average molecular weight is 374 g/mol. The molecular weight excluding hydrogens is 352 g/mol. The molecule has 0 radical (unpaired) electrons. The van der Waals surface area contributed by atoms with E-state index in [1.54, 1.807) is 28.5 Å². The highest BCUT2D eigenvalue weighted by Crippen LogP contribution is 2.44. The van der Waals surface area contributed by atoms with Crippen molar-refractivity contribution in [1.82, 2.24) is 20.4 Å². The highest BCUT2D eigenvalue weighted by Gasteiger charge is 2.51. The van der Waals surface area contributed by atoms with Gasteiger partial charge in [0.1, 0.15) is 5.69 Å². The van der Waals surface area contributed by atoms with Crippen LogP contribution in [0.4, 0.5) is 0 Å². The zero-order valence-corrected chi connectivity index (χ0v) is 15.3. The fourth-order valence-electron chi connectivity index (χ4n) is 4.03. The van der Waals surface area contributed by atoms with E-state index >= 15 is 0 Å². The molecule has 2 aromatic rings. The fourth-order valence-corrected chi connectivity index (χ4v) is 4.67. The van der Waals surface area contributed by atoms with Crippen molar-refractivity contribution < 1.29 is 14.3 Å². The molecule has 2 amide bonds. The van der Waals surface area contributed by atoms with Crippen LogP contribution in [-0.2, 0) is 16.1 Å². The number of ether oxygens (including phenoxy) is 1. The molecule has 7 nitrogen and oxygen atoms in total. The van der Waals surface area contributed by atoms with Crippen LogP contribution in [-0.4, -0.2) is 53.2 Å². The molecule has 1 atom stereocenters. The van der Waals surface area contributed by atoms with E-state index < -0.39 is 0 Å². The van der Waals surface area contributed by atoms with E-state index in [4.69, 9.17) is 4.74 Å². The molecule has 4 rings (SSSR count). The Morgan fingerprint density at radius 3 is 2.92 bits per heavy atom. The lowest BCUT2D eigenvalue weighted by Crippen LogP contribution is -2.44. The maximum Gasteiger partial charge on any atom is 0.271 e. The van der Waals surface area contributed by atoms with Crippen molar-refractivity contribution in [2.24, 2.45) is 11.3 Å². The number of likely N-dealkylation sites (tertiary alicyclic amines) is 1. The van der Waals surface area contributed by atoms with Gasteiger partial charge in [-0.25, -0.2) is 0 Å². The van der Waals surface area contributed by atoms with Crippen LogP contribution in [0, 0.1) is 11.3 Å². The topological polar surface area (TPSA) is 87.3 Å². The maximum absolute atomic E-state index is 13.0. The number of hydrogen-bond acceptors (Lipinski definition) is 5. The van der Waals surface area contributed by atoms with Gasteiger partial charge in [0.15, 0.2) is 0 Å². The summed E-state index contributed by atoms with van der Waals surface area (Å²) < 4.78 is 5.52. The molecule has 0 aromatic carbocycles. The minimum absolute atomic E-state index is 0.0280. The third kappa shape index (κ3) is 3.26. The van der Waals surface area contributed by atoms with Crippen molar-refractivity contribution in [3.05, 3.63) is 40.3 Å². The first kappa shape index (κ1) is 17.2. The number of nitrogens with zero attached hydrogens (tertiary/aromatic N) is 2. The molecule has 0 bridgehead atoms. The third-order valence-corrected chi connectivity index (χ3v) is 6.36. The highest BCUT2D eigenvalue weighted by molar-refractivity contribution is 7.09. The van der Waals surface area contributed by atoms with Gasteiger partial charge in [0.2, 0.25) is 5.91 Å². The second kappa shape index (κ2) is 7.20. The Hall–Kier alpha value is -2.19. The number of amides is 2. The number of nitrogens with one attached hydrogen (secondary N) is 2. The number of carbonyl (C=O) groups is 2. The number of rotatable bonds is 4. The van der Waals surface area contributed by atoms with Crippen molar-refractivity contribution in [3.8, 4) is 0 Å². The van der Waals surface area contributed by atoms with Crippen LogP contribution in [0.15, 0.2) is 29.8 Å². The van der Waals surface area contributed by atoms with Crippen molar-refractivity contribution in [1.29, 1.82) is 0 Å². The number of aromatic amines is 1. The van der Waals surface area contributed by atoms with Gasteiger partial charge >= 0.3 is 0 Å². The minimum atomic E-state index is -0.210. The Labute approximate surface area is 155 Å². The van der Waals surface area contributed by atoms with Gasteiger partial charge in [-0.15, -0.1) is 11.3 Å². The van der Waals surface area contributed by atoms with Gasteiger partial charge in [0.05, 0.1) is 12.5 Å². The number of aromatic nitrogens is 2. The van der Waals surface area contributed by atoms with Gasteiger partial charge < -0.3 is 15.0 Å². The minimum Gasteiger partial charge on any atom is -0.381 e. The first-order chi connectivity index (χ1) is 12.7. The van der Waals surface area contributed by atoms with Crippen molar-refractivity contribution in [2.75, 3.05) is 26.3 Å². The first-order valence-electron chi connectivity index (χ1n) is 8.84. The van der Waals surface area contributed by atoms with Gasteiger partial charge in [-0.1, -0.05) is 6.07 Å². The average Bonchev–Trinajstić information content (AvgIpc) is 3.41. The van der Waals surface area contributed by atoms with E-state index in [0.717, 1.165) is 17.7 Å². The predicted molar refractivity (Wildman–Crippen MR) is 96.6 cm³/mol. The van der Waals surface area contributed by atoms with E-state index in [9.17, 15) is 9.59 Å². The van der Waals surface area contributed by atoms with Gasteiger partial charge in [-0.2, -0.15) is 5.10 Å². The normalized spacial score (nSPS) is 21.8. The standard InChI is InChI=1S/C18H22N4O3S/c23-16(19-10-13-2-1-9-26-13)14-11-22(17(24)15-3-6-20-21-15)12-18(14)4-7-25-8-5-18/h1-3,6,9,14H,4-5,7-8,10-12H2,(H,19,23)(H,20,21). The largest absolute Gasteiger partial charge is 0.381 e. The molecule has 2 N–H and O–H groups in total. The third-order valence-electron chi connectivity index (χ3n) is 5.49. The number of carbonyl (C=O) groups excluding carboxylic acids is 2. The molecular formula is C18H22N4O3S. The molecule has 1 unspecified atom stereocenters. The monoisotopic (exact) mass is 374 g/mol. The van der Waals surface area contributed by atoms with Crippen molar-refractivity contribution in [3.63, 3.8) is 0 Å². The quantitative estimate of drug-likeness (QED) is 0.852. The second-order valence-corrected chi connectivity index (χ2v) is 8.01. The summed E-state index contributed by atoms with van der Waals surface area (Å²) in [5.41, 5.74) is 0.264. The zero-order chi connectivity index (χ0) is 18.0. The predicted octanol–water partition coefficient (Wildman–Crippen LogP) is 1.66. The fraction of sp³-hybridized carbons (Fsp3) is 0.500. The van der Waals surface area contributed by atoms with E-state index in [0.29, 0.717) is 38.5 Å². The molecule has 2 aliphatic rings. The summed E-state index contributed by atoms with van der Waals surface area (Å²) in [5.74, 6) is -0.277. The molecule has 2 fully saturated rings. The smallest absolute Gasteiger partial charge is 0.271 e. The molecule has 2 saturated heterocycles. The van der Waals surface area contributed by atoms with Crippen LogP contribution in [0.25, 0.3) is 0 Å². The Kier molecular flexibility index (Phi) is 4.78. The van der Waals surface area contributed by atoms with Gasteiger partial charge in [-0.3, -0.25) is 14.7 Å². The van der Waals surface area contributed by atoms with E-state index in [1.807, 2.05) is 17.5 Å². The van der Waals surface area contributed by atoms with E-state index in [1.165, 1.54) is 0 Å². The molecule has 138 valence electrons. The molecule has 2 aromatic heterocycles. The summed E-state index contributed by atoms with van der Waals surface area (Å²) in [5, 5.41) is 11.7. The van der Waals surface area contributed by atoms with Crippen LogP contribution in [0.5, 0.6) is 0 Å². The van der Waals surface area contributed by atoms with Crippen molar-refractivity contribution >= 4 is 23.2 Å². The van der Waals surface area contributed by atoms with Crippen molar-refractivity contribution in [2.45, 2.75) is 19.4 Å². The summed E-state index contributed by atoms with van der Waals surface area (Å²) in [6.07, 6.45) is 3.17. The highest BCUT2D eigenvalue weighted by atomic mass is 32.1. The maximum atomic E-state index is 13.0. The number of H-pyrrole nitrogens is 1. The number of thiophene rings is 1. The summed E-state index contributed by atoms with van der Waals surface area (Å²) in [7, 11) is 0. The summed E-state index contributed by atoms with van der Waals surface area (Å²) >= 11 is 1.63. The number of hydrogen-bond donors (Lipinski definition) is 2. The van der Waals surface area contributed by atoms with E-state index in [-0.39, 0.29) is 23.1 Å². The molecule has 26 heavy (non-hydrogen) atoms. The van der Waals surface area contributed by atoms with Gasteiger partial charge in [0.25, 0.3) is 5.91 Å². The molecule has 4 heterocycles.